The normalized spacial score (nSPS) is 17.3. The lowest BCUT2D eigenvalue weighted by Crippen LogP contribution is -2.53. The molecule has 2 aliphatic rings. The van der Waals surface area contributed by atoms with E-state index < -0.39 is 0 Å². The van der Waals surface area contributed by atoms with Gasteiger partial charge < -0.3 is 19.1 Å². The molecule has 5 rings (SSSR count). The third kappa shape index (κ3) is 4.57. The highest BCUT2D eigenvalue weighted by atomic mass is 16.3. The van der Waals surface area contributed by atoms with E-state index in [-0.39, 0.29) is 17.7 Å². The molecule has 0 saturated carbocycles. The highest BCUT2D eigenvalue weighted by Crippen LogP contribution is 2.25. The molecule has 3 aromatic heterocycles. The first-order valence-corrected chi connectivity index (χ1v) is 11.3. The molecule has 0 N–H and O–H groups in total. The largest absolute Gasteiger partial charge is 0.459 e. The van der Waals surface area contributed by atoms with Gasteiger partial charge in [-0.1, -0.05) is 0 Å². The summed E-state index contributed by atoms with van der Waals surface area (Å²) in [6.07, 6.45) is 6.56. The number of hydrogen-bond donors (Lipinski definition) is 0. The smallest absolute Gasteiger partial charge is 0.289 e. The minimum absolute atomic E-state index is 0.0117. The van der Waals surface area contributed by atoms with Crippen LogP contribution in [0.5, 0.6) is 0 Å². The standard InChI is InChI=1S/C24H26N6O3/c31-23(29-13-15-30(16-14-29)24(32)21-2-1-17-33-21)19-7-11-28(12-8-19)22-4-3-20(26-27-22)18-5-9-25-10-6-18/h1-6,9-10,17,19H,7-8,11-16H2. The van der Waals surface area contributed by atoms with Gasteiger partial charge in [-0.15, -0.1) is 10.2 Å². The molecule has 2 fully saturated rings. The van der Waals surface area contributed by atoms with Crippen LogP contribution in [0.15, 0.2) is 59.5 Å². The zero-order valence-corrected chi connectivity index (χ0v) is 18.3. The molecule has 33 heavy (non-hydrogen) atoms. The molecule has 0 spiro atoms. The first kappa shape index (κ1) is 21.1. The molecule has 5 heterocycles. The summed E-state index contributed by atoms with van der Waals surface area (Å²) in [6, 6.07) is 11.2. The number of pyridine rings is 1. The predicted molar refractivity (Wildman–Crippen MR) is 121 cm³/mol. The molecule has 9 heteroatoms. The van der Waals surface area contributed by atoms with Crippen LogP contribution in [0.2, 0.25) is 0 Å². The summed E-state index contributed by atoms with van der Waals surface area (Å²) in [7, 11) is 0. The van der Waals surface area contributed by atoms with Gasteiger partial charge >= 0.3 is 0 Å². The van der Waals surface area contributed by atoms with Crippen molar-refractivity contribution < 1.29 is 14.0 Å². The average molecular weight is 447 g/mol. The minimum Gasteiger partial charge on any atom is -0.459 e. The van der Waals surface area contributed by atoms with Gasteiger partial charge in [0, 0.05) is 63.1 Å². The monoisotopic (exact) mass is 446 g/mol. The second-order valence-electron chi connectivity index (χ2n) is 8.37. The van der Waals surface area contributed by atoms with Gasteiger partial charge in [0.1, 0.15) is 0 Å². The van der Waals surface area contributed by atoms with Crippen molar-refractivity contribution in [2.45, 2.75) is 12.8 Å². The lowest BCUT2D eigenvalue weighted by Gasteiger charge is -2.38. The number of aromatic nitrogens is 3. The van der Waals surface area contributed by atoms with Crippen molar-refractivity contribution in [1.29, 1.82) is 0 Å². The van der Waals surface area contributed by atoms with Gasteiger partial charge in [0.05, 0.1) is 12.0 Å². The zero-order valence-electron chi connectivity index (χ0n) is 18.3. The zero-order chi connectivity index (χ0) is 22.6. The van der Waals surface area contributed by atoms with Crippen molar-refractivity contribution in [3.8, 4) is 11.3 Å². The summed E-state index contributed by atoms with van der Waals surface area (Å²) in [4.78, 5) is 35.3. The van der Waals surface area contributed by atoms with Crippen LogP contribution in [-0.4, -0.2) is 76.1 Å². The maximum Gasteiger partial charge on any atom is 0.289 e. The van der Waals surface area contributed by atoms with E-state index >= 15 is 0 Å². The van der Waals surface area contributed by atoms with Gasteiger partial charge in [0.2, 0.25) is 5.91 Å². The molecule has 0 aromatic carbocycles. The van der Waals surface area contributed by atoms with Gasteiger partial charge in [-0.2, -0.15) is 0 Å². The third-order valence-corrected chi connectivity index (χ3v) is 6.41. The number of nitrogens with zero attached hydrogens (tertiary/aromatic N) is 6. The van der Waals surface area contributed by atoms with Gasteiger partial charge in [0.25, 0.3) is 5.91 Å². The second kappa shape index (κ2) is 9.40. The lowest BCUT2D eigenvalue weighted by molar-refractivity contribution is -0.137. The van der Waals surface area contributed by atoms with E-state index in [4.69, 9.17) is 4.42 Å². The van der Waals surface area contributed by atoms with E-state index in [1.807, 2.05) is 29.2 Å². The van der Waals surface area contributed by atoms with Crippen molar-refractivity contribution in [1.82, 2.24) is 25.0 Å². The Hall–Kier alpha value is -3.75. The Morgan fingerprint density at radius 1 is 0.848 bits per heavy atom. The number of anilines is 1. The quantitative estimate of drug-likeness (QED) is 0.607. The Bertz CT molecular complexity index is 1070. The van der Waals surface area contributed by atoms with E-state index in [1.165, 1.54) is 6.26 Å². The number of carbonyl (C=O) groups is 2. The Kier molecular flexibility index (Phi) is 6.01. The van der Waals surface area contributed by atoms with Crippen molar-refractivity contribution in [2.75, 3.05) is 44.2 Å². The van der Waals surface area contributed by atoms with Crippen molar-refractivity contribution in [3.05, 3.63) is 60.8 Å². The molecule has 3 aromatic rings. The molecule has 0 atom stereocenters. The highest BCUT2D eigenvalue weighted by Gasteiger charge is 2.32. The molecule has 2 saturated heterocycles. The third-order valence-electron chi connectivity index (χ3n) is 6.41. The number of rotatable bonds is 4. The number of furan rings is 1. The summed E-state index contributed by atoms with van der Waals surface area (Å²) in [5.74, 6) is 1.27. The molecule has 0 aliphatic carbocycles. The minimum atomic E-state index is -0.114. The topological polar surface area (TPSA) is 95.7 Å². The first-order chi connectivity index (χ1) is 16.2. The molecule has 0 bridgehead atoms. The maximum atomic E-state index is 13.1. The van der Waals surface area contributed by atoms with Crippen LogP contribution in [0.3, 0.4) is 0 Å². The van der Waals surface area contributed by atoms with Crippen LogP contribution in [-0.2, 0) is 4.79 Å². The van der Waals surface area contributed by atoms with Crippen LogP contribution in [0.25, 0.3) is 11.3 Å². The molecule has 0 radical (unpaired) electrons. The Balaban J connectivity index is 1.12. The van der Waals surface area contributed by atoms with Gasteiger partial charge in [-0.25, -0.2) is 0 Å². The summed E-state index contributed by atoms with van der Waals surface area (Å²) >= 11 is 0. The molecular weight excluding hydrogens is 420 g/mol. The van der Waals surface area contributed by atoms with E-state index in [0.717, 1.165) is 43.0 Å². The molecule has 2 aliphatic heterocycles. The number of carbonyl (C=O) groups excluding carboxylic acids is 2. The van der Waals surface area contributed by atoms with Gasteiger partial charge in [-0.3, -0.25) is 14.6 Å². The van der Waals surface area contributed by atoms with Crippen LogP contribution in [0, 0.1) is 5.92 Å². The summed E-state index contributed by atoms with van der Waals surface area (Å²) < 4.78 is 5.21. The summed E-state index contributed by atoms with van der Waals surface area (Å²) in [5.41, 5.74) is 1.80. The summed E-state index contributed by atoms with van der Waals surface area (Å²) in [5, 5.41) is 8.76. The van der Waals surface area contributed by atoms with E-state index in [9.17, 15) is 9.59 Å². The molecule has 9 nitrogen and oxygen atoms in total. The van der Waals surface area contributed by atoms with Crippen LogP contribution < -0.4 is 4.90 Å². The van der Waals surface area contributed by atoms with Crippen LogP contribution in [0.1, 0.15) is 23.4 Å². The van der Waals surface area contributed by atoms with Gasteiger partial charge in [-0.05, 0) is 49.2 Å². The Morgan fingerprint density at radius 2 is 1.58 bits per heavy atom. The summed E-state index contributed by atoms with van der Waals surface area (Å²) in [6.45, 7) is 3.74. The number of piperazine rings is 1. The second-order valence-corrected chi connectivity index (χ2v) is 8.37. The fourth-order valence-corrected chi connectivity index (χ4v) is 4.47. The van der Waals surface area contributed by atoms with E-state index in [1.54, 1.807) is 29.4 Å². The van der Waals surface area contributed by atoms with Gasteiger partial charge in [0.15, 0.2) is 11.6 Å². The molecule has 2 amide bonds. The van der Waals surface area contributed by atoms with Crippen molar-refractivity contribution in [2.24, 2.45) is 5.92 Å². The number of hydrogen-bond acceptors (Lipinski definition) is 7. The number of piperidine rings is 1. The number of amides is 2. The van der Waals surface area contributed by atoms with Crippen molar-refractivity contribution in [3.63, 3.8) is 0 Å². The Labute approximate surface area is 192 Å². The van der Waals surface area contributed by atoms with Crippen LogP contribution in [0.4, 0.5) is 5.82 Å². The first-order valence-electron chi connectivity index (χ1n) is 11.3. The molecular formula is C24H26N6O3. The fourth-order valence-electron chi connectivity index (χ4n) is 4.47. The van der Waals surface area contributed by atoms with E-state index in [2.05, 4.69) is 20.1 Å². The molecule has 0 unspecified atom stereocenters. The average Bonchev–Trinajstić information content (AvgIpc) is 3.44. The van der Waals surface area contributed by atoms with Crippen LogP contribution >= 0.6 is 0 Å². The molecule has 170 valence electrons. The highest BCUT2D eigenvalue weighted by molar-refractivity contribution is 5.91. The van der Waals surface area contributed by atoms with E-state index in [0.29, 0.717) is 31.9 Å². The van der Waals surface area contributed by atoms with Crippen molar-refractivity contribution >= 4 is 17.6 Å². The SMILES string of the molecule is O=C(c1ccco1)N1CCN(C(=O)C2CCN(c3ccc(-c4ccncc4)nn3)CC2)CC1. The lowest BCUT2D eigenvalue weighted by atomic mass is 9.95. The predicted octanol–water partition coefficient (Wildman–Crippen LogP) is 2.33. The fraction of sp³-hybridized carbons (Fsp3) is 0.375. The Morgan fingerprint density at radius 3 is 2.21 bits per heavy atom. The maximum absolute atomic E-state index is 13.1.